The van der Waals surface area contributed by atoms with Gasteiger partial charge in [-0.15, -0.1) is 0 Å². The van der Waals surface area contributed by atoms with E-state index in [4.69, 9.17) is 14.2 Å². The molecule has 0 saturated carbocycles. The van der Waals surface area contributed by atoms with Crippen LogP contribution in [0.2, 0.25) is 0 Å². The summed E-state index contributed by atoms with van der Waals surface area (Å²) in [4.78, 5) is 11.8. The lowest BCUT2D eigenvalue weighted by molar-refractivity contribution is -0.145. The molecule has 28 heavy (non-hydrogen) atoms. The third-order valence-corrected chi connectivity index (χ3v) is 4.41. The third kappa shape index (κ3) is 4.62. The Balaban J connectivity index is 1.78. The fourth-order valence-corrected chi connectivity index (χ4v) is 2.94. The van der Waals surface area contributed by atoms with Crippen LogP contribution in [0.5, 0.6) is 17.2 Å². The van der Waals surface area contributed by atoms with Gasteiger partial charge in [-0.25, -0.2) is 4.79 Å². The zero-order valence-corrected chi connectivity index (χ0v) is 15.8. The minimum atomic E-state index is -1.05. The van der Waals surface area contributed by atoms with E-state index in [1.54, 1.807) is 44.6 Å². The molecule has 0 aliphatic carbocycles. The second-order valence-corrected chi connectivity index (χ2v) is 6.22. The van der Waals surface area contributed by atoms with Crippen LogP contribution in [0.1, 0.15) is 5.56 Å². The van der Waals surface area contributed by atoms with Gasteiger partial charge >= 0.3 is 5.97 Å². The molecule has 1 atom stereocenters. The van der Waals surface area contributed by atoms with Crippen LogP contribution in [0, 0.1) is 0 Å². The van der Waals surface area contributed by atoms with Gasteiger partial charge in [0.1, 0.15) is 17.2 Å². The Bertz CT molecular complexity index is 919. The number of aliphatic carboxylic acids is 1. The summed E-state index contributed by atoms with van der Waals surface area (Å²) in [5, 5.41) is 9.62. The van der Waals surface area contributed by atoms with E-state index < -0.39 is 12.1 Å². The quantitative estimate of drug-likeness (QED) is 0.628. The summed E-state index contributed by atoms with van der Waals surface area (Å²) in [5.74, 6) is 0.674. The normalized spacial score (nSPS) is 11.5. The first-order chi connectivity index (χ1) is 13.6. The largest absolute Gasteiger partial charge is 0.497 e. The Kier molecular flexibility index (Phi) is 6.17. The molecule has 0 heterocycles. The number of ether oxygens (including phenoxy) is 3. The molecule has 3 aromatic rings. The number of methoxy groups -OCH3 is 2. The lowest BCUT2D eigenvalue weighted by Gasteiger charge is -2.17. The van der Waals surface area contributed by atoms with E-state index in [-0.39, 0.29) is 6.42 Å². The van der Waals surface area contributed by atoms with Crippen LogP contribution >= 0.6 is 0 Å². The number of hydrogen-bond donors (Lipinski definition) is 1. The van der Waals surface area contributed by atoms with Crippen molar-refractivity contribution in [1.82, 2.24) is 0 Å². The van der Waals surface area contributed by atoms with E-state index in [0.717, 1.165) is 11.1 Å². The number of carboxylic acids is 1. The van der Waals surface area contributed by atoms with Crippen LogP contribution in [0.25, 0.3) is 11.1 Å². The van der Waals surface area contributed by atoms with Gasteiger partial charge in [-0.3, -0.25) is 0 Å². The standard InChI is InChI=1S/C23H22O5/c1-26-20-12-13-21(27-2)18(14-20)15-22(23(24)25)28-19-10-8-17(9-11-19)16-6-4-3-5-7-16/h3-14,22H,15H2,1-2H3,(H,24,25)/t22-/m1/s1. The topological polar surface area (TPSA) is 65.0 Å². The number of hydrogen-bond acceptors (Lipinski definition) is 4. The van der Waals surface area contributed by atoms with E-state index in [1.807, 2.05) is 42.5 Å². The molecule has 5 heteroatoms. The predicted octanol–water partition coefficient (Wildman–Crippen LogP) is 4.45. The van der Waals surface area contributed by atoms with Gasteiger partial charge in [0.15, 0.2) is 6.10 Å². The highest BCUT2D eigenvalue weighted by Gasteiger charge is 2.22. The molecule has 144 valence electrons. The van der Waals surface area contributed by atoms with Gasteiger partial charge in [-0.1, -0.05) is 42.5 Å². The lowest BCUT2D eigenvalue weighted by atomic mass is 10.1. The van der Waals surface area contributed by atoms with E-state index in [2.05, 4.69) is 0 Å². The lowest BCUT2D eigenvalue weighted by Crippen LogP contribution is -2.29. The smallest absolute Gasteiger partial charge is 0.345 e. The summed E-state index contributed by atoms with van der Waals surface area (Å²) < 4.78 is 16.3. The van der Waals surface area contributed by atoms with Gasteiger partial charge in [0.25, 0.3) is 0 Å². The van der Waals surface area contributed by atoms with E-state index >= 15 is 0 Å². The highest BCUT2D eigenvalue weighted by Crippen LogP contribution is 2.27. The molecular formula is C23H22O5. The van der Waals surface area contributed by atoms with Crippen LogP contribution in [0.3, 0.4) is 0 Å². The highest BCUT2D eigenvalue weighted by atomic mass is 16.5. The molecule has 0 aliphatic heterocycles. The predicted molar refractivity (Wildman–Crippen MR) is 107 cm³/mol. The van der Waals surface area contributed by atoms with Crippen molar-refractivity contribution in [2.45, 2.75) is 12.5 Å². The van der Waals surface area contributed by atoms with Gasteiger partial charge in [0.05, 0.1) is 14.2 Å². The van der Waals surface area contributed by atoms with Gasteiger partial charge in [0.2, 0.25) is 0 Å². The zero-order valence-electron chi connectivity index (χ0n) is 15.8. The average molecular weight is 378 g/mol. The summed E-state index contributed by atoms with van der Waals surface area (Å²) in [6.07, 6.45) is -0.903. The van der Waals surface area contributed by atoms with Crippen LogP contribution in [-0.2, 0) is 11.2 Å². The second kappa shape index (κ2) is 8.95. The maximum Gasteiger partial charge on any atom is 0.345 e. The van der Waals surface area contributed by atoms with Crippen molar-refractivity contribution in [3.63, 3.8) is 0 Å². The molecule has 0 aliphatic rings. The fourth-order valence-electron chi connectivity index (χ4n) is 2.94. The van der Waals surface area contributed by atoms with Crippen LogP contribution in [-0.4, -0.2) is 31.4 Å². The molecular weight excluding hydrogens is 356 g/mol. The van der Waals surface area contributed by atoms with E-state index in [1.165, 1.54) is 0 Å². The Hall–Kier alpha value is -3.47. The zero-order chi connectivity index (χ0) is 19.9. The van der Waals surface area contributed by atoms with Gasteiger partial charge in [-0.05, 0) is 41.5 Å². The van der Waals surface area contributed by atoms with Crippen molar-refractivity contribution in [3.8, 4) is 28.4 Å². The van der Waals surface area contributed by atoms with Crippen LogP contribution in [0.4, 0.5) is 0 Å². The second-order valence-electron chi connectivity index (χ2n) is 6.22. The number of benzene rings is 3. The molecule has 0 unspecified atom stereocenters. The molecule has 5 nitrogen and oxygen atoms in total. The van der Waals surface area contributed by atoms with Crippen molar-refractivity contribution in [1.29, 1.82) is 0 Å². The van der Waals surface area contributed by atoms with Gasteiger partial charge in [0, 0.05) is 12.0 Å². The Morgan fingerprint density at radius 2 is 1.50 bits per heavy atom. The van der Waals surface area contributed by atoms with Crippen molar-refractivity contribution < 1.29 is 24.1 Å². The average Bonchev–Trinajstić information content (AvgIpc) is 2.74. The summed E-state index contributed by atoms with van der Waals surface area (Å²) >= 11 is 0. The Morgan fingerprint density at radius 3 is 2.11 bits per heavy atom. The minimum absolute atomic E-state index is 0.149. The van der Waals surface area contributed by atoms with Crippen molar-refractivity contribution in [2.75, 3.05) is 14.2 Å². The van der Waals surface area contributed by atoms with Crippen LogP contribution < -0.4 is 14.2 Å². The molecule has 0 radical (unpaired) electrons. The number of carbonyl (C=O) groups is 1. The first-order valence-electron chi connectivity index (χ1n) is 8.86. The Morgan fingerprint density at radius 1 is 0.857 bits per heavy atom. The molecule has 0 bridgehead atoms. The number of rotatable bonds is 8. The van der Waals surface area contributed by atoms with Gasteiger partial charge in [-0.2, -0.15) is 0 Å². The summed E-state index contributed by atoms with van der Waals surface area (Å²) in [7, 11) is 3.11. The molecule has 1 N–H and O–H groups in total. The molecule has 0 spiro atoms. The molecule has 3 aromatic carbocycles. The maximum absolute atomic E-state index is 11.8. The third-order valence-electron chi connectivity index (χ3n) is 4.41. The summed E-state index contributed by atoms with van der Waals surface area (Å²) in [6, 6.07) is 22.6. The van der Waals surface area contributed by atoms with E-state index in [9.17, 15) is 9.90 Å². The van der Waals surface area contributed by atoms with Crippen LogP contribution in [0.15, 0.2) is 72.8 Å². The fraction of sp³-hybridized carbons (Fsp3) is 0.174. The Labute approximate surface area is 164 Å². The maximum atomic E-state index is 11.8. The molecule has 0 fully saturated rings. The van der Waals surface area contributed by atoms with Crippen molar-refractivity contribution in [3.05, 3.63) is 78.4 Å². The molecule has 3 rings (SSSR count). The monoisotopic (exact) mass is 378 g/mol. The number of carboxylic acid groups (broad SMARTS) is 1. The summed E-state index contributed by atoms with van der Waals surface area (Å²) in [5.41, 5.74) is 2.83. The summed E-state index contributed by atoms with van der Waals surface area (Å²) in [6.45, 7) is 0. The molecule has 0 aromatic heterocycles. The van der Waals surface area contributed by atoms with Crippen molar-refractivity contribution in [2.24, 2.45) is 0 Å². The highest BCUT2D eigenvalue weighted by molar-refractivity contribution is 5.73. The SMILES string of the molecule is COc1ccc(OC)c(C[C@@H](Oc2ccc(-c3ccccc3)cc2)C(=O)O)c1. The minimum Gasteiger partial charge on any atom is -0.497 e. The first kappa shape index (κ1) is 19.3. The first-order valence-corrected chi connectivity index (χ1v) is 8.86. The molecule has 0 saturated heterocycles. The van der Waals surface area contributed by atoms with Gasteiger partial charge < -0.3 is 19.3 Å². The van der Waals surface area contributed by atoms with E-state index in [0.29, 0.717) is 22.8 Å². The molecule has 0 amide bonds. The van der Waals surface area contributed by atoms with Crippen molar-refractivity contribution >= 4 is 5.97 Å².